The molecular weight excluding hydrogens is 324 g/mol. The van der Waals surface area contributed by atoms with Gasteiger partial charge >= 0.3 is 18.1 Å². The fourth-order valence-electron chi connectivity index (χ4n) is 1.59. The van der Waals surface area contributed by atoms with Gasteiger partial charge in [0, 0.05) is 31.5 Å². The molecule has 9 heteroatoms. The van der Waals surface area contributed by atoms with E-state index in [0.29, 0.717) is 0 Å². The van der Waals surface area contributed by atoms with Gasteiger partial charge in [-0.3, -0.25) is 0 Å². The molecule has 0 heterocycles. The molecule has 0 saturated carbocycles. The Balaban J connectivity index is 5.47. The summed E-state index contributed by atoms with van der Waals surface area (Å²) in [5.74, 6) is 0. The average molecular weight is 357 g/mol. The summed E-state index contributed by atoms with van der Waals surface area (Å²) in [6, 6.07) is 0. The van der Waals surface area contributed by atoms with Gasteiger partial charge < -0.3 is 31.0 Å². The monoisotopic (exact) mass is 356 g/mol. The van der Waals surface area contributed by atoms with E-state index in [2.05, 4.69) is 0 Å². The van der Waals surface area contributed by atoms with Crippen LogP contribution in [-0.4, -0.2) is 54.4 Å². The van der Waals surface area contributed by atoms with Crippen LogP contribution >= 0.6 is 0 Å². The predicted molar refractivity (Wildman–Crippen MR) is 86.7 cm³/mol. The van der Waals surface area contributed by atoms with E-state index >= 15 is 0 Å². The maximum Gasteiger partial charge on any atom is 0.674 e. The minimum atomic E-state index is -3.94. The number of rotatable bonds is 11. The minimum Gasteiger partial charge on any atom is -0.368 e. The molecule has 0 unspecified atom stereocenters. The topological polar surface area (TPSA) is 75.6 Å². The standard InChI is InChI=1S/C13H32O7Si2/c1-10(2)16-21(14,15-9)20-22(17-11(3)4,18-12(5)6)19-13(7)8/h10-14H,1-9H3/t21-/m0/s1. The average Bonchev–Trinajstić information content (AvgIpc) is 2.23. The third-order valence-electron chi connectivity index (χ3n) is 2.04. The second-order valence-corrected chi connectivity index (χ2v) is 10.2. The first kappa shape index (κ1) is 22.2. The summed E-state index contributed by atoms with van der Waals surface area (Å²) in [6.07, 6.45) is -0.907. The molecule has 134 valence electrons. The molecule has 0 radical (unpaired) electrons. The summed E-state index contributed by atoms with van der Waals surface area (Å²) in [6.45, 7) is 14.6. The van der Waals surface area contributed by atoms with Gasteiger partial charge in [-0.15, -0.1) is 0 Å². The lowest BCUT2D eigenvalue weighted by atomic mass is 10.5. The van der Waals surface area contributed by atoms with E-state index in [1.807, 2.05) is 41.5 Å². The van der Waals surface area contributed by atoms with Crippen LogP contribution in [0.1, 0.15) is 55.4 Å². The third kappa shape index (κ3) is 8.70. The van der Waals surface area contributed by atoms with Crippen LogP contribution in [0.3, 0.4) is 0 Å². The molecule has 1 N–H and O–H groups in total. The molecule has 0 amide bonds. The Labute approximate surface area is 136 Å². The van der Waals surface area contributed by atoms with Crippen molar-refractivity contribution >= 4 is 18.1 Å². The van der Waals surface area contributed by atoms with Gasteiger partial charge in [-0.25, -0.2) is 0 Å². The Bertz CT molecular complexity index is 286. The highest BCUT2D eigenvalue weighted by Gasteiger charge is 2.59. The smallest absolute Gasteiger partial charge is 0.368 e. The van der Waals surface area contributed by atoms with Crippen LogP contribution in [0.25, 0.3) is 0 Å². The molecule has 0 bridgehead atoms. The van der Waals surface area contributed by atoms with Gasteiger partial charge in [0.15, 0.2) is 0 Å². The Morgan fingerprint density at radius 1 is 0.636 bits per heavy atom. The minimum absolute atomic E-state index is 0.210. The molecule has 0 aromatic rings. The lowest BCUT2D eigenvalue weighted by molar-refractivity contribution is -0.0842. The van der Waals surface area contributed by atoms with Gasteiger partial charge in [0.05, 0.1) is 0 Å². The van der Waals surface area contributed by atoms with E-state index in [1.165, 1.54) is 7.11 Å². The van der Waals surface area contributed by atoms with Crippen molar-refractivity contribution in [2.45, 2.75) is 79.8 Å². The van der Waals surface area contributed by atoms with Crippen LogP contribution in [0.15, 0.2) is 0 Å². The molecule has 1 atom stereocenters. The molecule has 0 aliphatic heterocycles. The molecule has 0 saturated heterocycles. The Hall–Kier alpha value is 0.154. The maximum absolute atomic E-state index is 10.5. The lowest BCUT2D eigenvalue weighted by Crippen LogP contribution is -2.63. The summed E-state index contributed by atoms with van der Waals surface area (Å²) < 4.78 is 33.7. The van der Waals surface area contributed by atoms with Gasteiger partial charge in [0.1, 0.15) is 0 Å². The second kappa shape index (κ2) is 9.45. The van der Waals surface area contributed by atoms with Crippen LogP contribution in [0.5, 0.6) is 0 Å². The zero-order valence-electron chi connectivity index (χ0n) is 15.2. The second-order valence-electron chi connectivity index (χ2n) is 6.00. The van der Waals surface area contributed by atoms with Crippen LogP contribution in [0, 0.1) is 0 Å². The van der Waals surface area contributed by atoms with Gasteiger partial charge in [-0.05, 0) is 55.4 Å². The summed E-state index contributed by atoms with van der Waals surface area (Å²) in [5.41, 5.74) is 0. The largest absolute Gasteiger partial charge is 0.674 e. The van der Waals surface area contributed by atoms with Crippen molar-refractivity contribution < 1.29 is 31.0 Å². The summed E-state index contributed by atoms with van der Waals surface area (Å²) in [5, 5.41) is 0. The van der Waals surface area contributed by atoms with Crippen molar-refractivity contribution in [2.24, 2.45) is 0 Å². The molecule has 7 nitrogen and oxygen atoms in total. The fourth-order valence-corrected chi connectivity index (χ4v) is 6.55. The van der Waals surface area contributed by atoms with Crippen LogP contribution in [0.4, 0.5) is 0 Å². The van der Waals surface area contributed by atoms with Crippen molar-refractivity contribution in [1.29, 1.82) is 0 Å². The first-order valence-corrected chi connectivity index (χ1v) is 10.9. The van der Waals surface area contributed by atoms with Crippen LogP contribution in [-0.2, 0) is 26.2 Å². The quantitative estimate of drug-likeness (QED) is 0.569. The first-order chi connectivity index (χ1) is 9.93. The van der Waals surface area contributed by atoms with Crippen molar-refractivity contribution in [2.75, 3.05) is 7.11 Å². The molecule has 0 aliphatic carbocycles. The first-order valence-electron chi connectivity index (χ1n) is 7.62. The molecule has 0 aromatic carbocycles. The summed E-state index contributed by atoms with van der Waals surface area (Å²) in [4.78, 5) is 10.5. The van der Waals surface area contributed by atoms with Crippen molar-refractivity contribution in [3.63, 3.8) is 0 Å². The highest BCUT2D eigenvalue weighted by atomic mass is 28.5. The zero-order chi connectivity index (χ0) is 17.6. The van der Waals surface area contributed by atoms with Gasteiger partial charge in [0.25, 0.3) is 0 Å². The van der Waals surface area contributed by atoms with E-state index in [4.69, 9.17) is 26.2 Å². The van der Waals surface area contributed by atoms with Crippen molar-refractivity contribution in [1.82, 2.24) is 0 Å². The fraction of sp³-hybridized carbons (Fsp3) is 1.00. The number of hydrogen-bond donors (Lipinski definition) is 1. The molecule has 0 rings (SSSR count). The van der Waals surface area contributed by atoms with Crippen LogP contribution < -0.4 is 0 Å². The Morgan fingerprint density at radius 2 is 0.955 bits per heavy atom. The van der Waals surface area contributed by atoms with Gasteiger partial charge in [-0.2, -0.15) is 0 Å². The summed E-state index contributed by atoms with van der Waals surface area (Å²) >= 11 is 0. The summed E-state index contributed by atoms with van der Waals surface area (Å²) in [7, 11) is -6.25. The molecule has 0 spiro atoms. The highest BCUT2D eigenvalue weighted by Crippen LogP contribution is 2.24. The molecule has 0 aliphatic rings. The SMILES string of the molecule is CO[Si@@](O)(OC(C)C)O[Si](OC(C)C)(OC(C)C)OC(C)C. The molecular formula is C13H32O7Si2. The van der Waals surface area contributed by atoms with Crippen molar-refractivity contribution in [3.8, 4) is 0 Å². The normalized spacial score (nSPS) is 16.1. The van der Waals surface area contributed by atoms with E-state index in [0.717, 1.165) is 0 Å². The van der Waals surface area contributed by atoms with Gasteiger partial charge in [-0.1, -0.05) is 0 Å². The van der Waals surface area contributed by atoms with Crippen LogP contribution in [0.2, 0.25) is 0 Å². The number of hydrogen-bond acceptors (Lipinski definition) is 7. The molecule has 22 heavy (non-hydrogen) atoms. The van der Waals surface area contributed by atoms with E-state index in [-0.39, 0.29) is 24.4 Å². The van der Waals surface area contributed by atoms with E-state index in [1.54, 1.807) is 13.8 Å². The van der Waals surface area contributed by atoms with Crippen molar-refractivity contribution in [3.05, 3.63) is 0 Å². The molecule has 0 fully saturated rings. The Kier molecular flexibility index (Phi) is 9.52. The lowest BCUT2D eigenvalue weighted by Gasteiger charge is -2.36. The Morgan fingerprint density at radius 3 is 1.18 bits per heavy atom. The zero-order valence-corrected chi connectivity index (χ0v) is 17.2. The maximum atomic E-state index is 10.5. The third-order valence-corrected chi connectivity index (χ3v) is 7.63. The highest BCUT2D eigenvalue weighted by molar-refractivity contribution is 6.67. The predicted octanol–water partition coefficient (Wildman–Crippen LogP) is 2.21. The van der Waals surface area contributed by atoms with E-state index in [9.17, 15) is 4.80 Å². The van der Waals surface area contributed by atoms with E-state index < -0.39 is 18.1 Å². The van der Waals surface area contributed by atoms with Gasteiger partial charge in [0.2, 0.25) is 0 Å². The molecule has 0 aromatic heterocycles.